The monoisotopic (exact) mass is 452 g/mol. The number of pyridine rings is 1. The second-order valence-electron chi connectivity index (χ2n) is 9.16. The molecule has 2 aliphatic carbocycles. The lowest BCUT2D eigenvalue weighted by molar-refractivity contribution is 0.102. The Balaban J connectivity index is 1.41. The van der Waals surface area contributed by atoms with Crippen molar-refractivity contribution < 1.29 is 9.18 Å². The quantitative estimate of drug-likeness (QED) is 0.505. The van der Waals surface area contributed by atoms with Crippen LogP contribution in [0.3, 0.4) is 0 Å². The van der Waals surface area contributed by atoms with Crippen LogP contribution in [0.5, 0.6) is 0 Å². The summed E-state index contributed by atoms with van der Waals surface area (Å²) in [6.07, 6.45) is 10.6. The number of nitrogens with zero attached hydrogens (tertiary/aromatic N) is 5. The molecular weight excluding hydrogens is 423 g/mol. The SMILES string of the molecule is CN(C)C1CCC(Nc2cc(NC3CC3)c3ncc(C(=O)Nc4ccncc4F)n3n2)CC1. The third-order valence-corrected chi connectivity index (χ3v) is 6.44. The molecule has 10 heteroatoms. The average Bonchev–Trinajstić information content (AvgIpc) is 3.51. The van der Waals surface area contributed by atoms with E-state index in [2.05, 4.69) is 50.0 Å². The smallest absolute Gasteiger partial charge is 0.276 e. The number of rotatable bonds is 7. The van der Waals surface area contributed by atoms with E-state index in [9.17, 15) is 9.18 Å². The van der Waals surface area contributed by atoms with Gasteiger partial charge in [-0.05, 0) is 58.7 Å². The molecule has 1 amide bonds. The fourth-order valence-electron chi connectivity index (χ4n) is 4.36. The number of carbonyl (C=O) groups is 1. The summed E-state index contributed by atoms with van der Waals surface area (Å²) >= 11 is 0. The highest BCUT2D eigenvalue weighted by Crippen LogP contribution is 2.30. The molecule has 3 aromatic heterocycles. The Hall–Kier alpha value is -3.27. The number of nitrogens with one attached hydrogen (secondary N) is 3. The van der Waals surface area contributed by atoms with E-state index in [1.807, 2.05) is 6.07 Å². The van der Waals surface area contributed by atoms with E-state index < -0.39 is 11.7 Å². The van der Waals surface area contributed by atoms with Crippen LogP contribution < -0.4 is 16.0 Å². The van der Waals surface area contributed by atoms with Gasteiger partial charge < -0.3 is 20.9 Å². The Morgan fingerprint density at radius 1 is 1.06 bits per heavy atom. The highest BCUT2D eigenvalue weighted by Gasteiger charge is 2.26. The molecule has 2 fully saturated rings. The summed E-state index contributed by atoms with van der Waals surface area (Å²) in [5.41, 5.74) is 1.71. The summed E-state index contributed by atoms with van der Waals surface area (Å²) in [6, 6.07) is 4.75. The van der Waals surface area contributed by atoms with Crippen molar-refractivity contribution in [1.29, 1.82) is 0 Å². The largest absolute Gasteiger partial charge is 0.379 e. The topological polar surface area (TPSA) is 99.5 Å². The molecule has 0 radical (unpaired) electrons. The Labute approximate surface area is 191 Å². The van der Waals surface area contributed by atoms with Crippen LogP contribution in [-0.2, 0) is 0 Å². The maximum absolute atomic E-state index is 14.0. The summed E-state index contributed by atoms with van der Waals surface area (Å²) in [5, 5.41) is 14.3. The van der Waals surface area contributed by atoms with Crippen molar-refractivity contribution in [3.63, 3.8) is 0 Å². The van der Waals surface area contributed by atoms with Gasteiger partial charge in [0, 0.05) is 30.4 Å². The molecule has 2 aliphatic rings. The number of amides is 1. The Bertz CT molecular complexity index is 1150. The molecule has 3 aromatic rings. The van der Waals surface area contributed by atoms with Crippen molar-refractivity contribution in [2.45, 2.75) is 56.7 Å². The molecule has 33 heavy (non-hydrogen) atoms. The van der Waals surface area contributed by atoms with Crippen LogP contribution in [0.15, 0.2) is 30.7 Å². The molecule has 9 nitrogen and oxygen atoms in total. The molecule has 0 bridgehead atoms. The Morgan fingerprint density at radius 3 is 2.48 bits per heavy atom. The molecule has 0 aromatic carbocycles. The number of hydrogen-bond acceptors (Lipinski definition) is 7. The van der Waals surface area contributed by atoms with Gasteiger partial charge in [-0.3, -0.25) is 9.78 Å². The van der Waals surface area contributed by atoms with Gasteiger partial charge in [-0.1, -0.05) is 0 Å². The molecule has 174 valence electrons. The second kappa shape index (κ2) is 8.93. The normalized spacial score (nSPS) is 20.7. The van der Waals surface area contributed by atoms with Gasteiger partial charge in [-0.25, -0.2) is 13.9 Å². The first kappa shape index (κ1) is 21.6. The number of anilines is 3. The summed E-state index contributed by atoms with van der Waals surface area (Å²) < 4.78 is 15.5. The van der Waals surface area contributed by atoms with Gasteiger partial charge in [-0.2, -0.15) is 0 Å². The second-order valence-corrected chi connectivity index (χ2v) is 9.16. The molecule has 3 N–H and O–H groups in total. The molecule has 0 aliphatic heterocycles. The number of fused-ring (bicyclic) bond motifs is 1. The number of imidazole rings is 1. The van der Waals surface area contributed by atoms with Gasteiger partial charge >= 0.3 is 0 Å². The molecule has 5 rings (SSSR count). The summed E-state index contributed by atoms with van der Waals surface area (Å²) in [7, 11) is 4.26. The number of carbonyl (C=O) groups excluding carboxylic acids is 1. The minimum Gasteiger partial charge on any atom is -0.379 e. The van der Waals surface area contributed by atoms with Crippen molar-refractivity contribution in [2.24, 2.45) is 0 Å². The van der Waals surface area contributed by atoms with Crippen molar-refractivity contribution in [1.82, 2.24) is 24.5 Å². The molecule has 0 saturated heterocycles. The van der Waals surface area contributed by atoms with Crippen LogP contribution >= 0.6 is 0 Å². The predicted octanol–water partition coefficient (Wildman–Crippen LogP) is 3.37. The van der Waals surface area contributed by atoms with Crippen LogP contribution in [0.4, 0.5) is 21.6 Å². The number of halogens is 1. The fourth-order valence-corrected chi connectivity index (χ4v) is 4.36. The van der Waals surface area contributed by atoms with Gasteiger partial charge in [0.1, 0.15) is 5.82 Å². The first-order valence-electron chi connectivity index (χ1n) is 11.5. The van der Waals surface area contributed by atoms with Crippen LogP contribution in [0.2, 0.25) is 0 Å². The van der Waals surface area contributed by atoms with E-state index in [4.69, 9.17) is 0 Å². The van der Waals surface area contributed by atoms with E-state index in [1.54, 1.807) is 0 Å². The molecule has 3 heterocycles. The Morgan fingerprint density at radius 2 is 1.79 bits per heavy atom. The highest BCUT2D eigenvalue weighted by molar-refractivity contribution is 6.03. The van der Waals surface area contributed by atoms with Gasteiger partial charge in [0.2, 0.25) is 0 Å². The van der Waals surface area contributed by atoms with E-state index in [0.29, 0.717) is 29.6 Å². The van der Waals surface area contributed by atoms with Crippen molar-refractivity contribution >= 4 is 28.7 Å². The van der Waals surface area contributed by atoms with Gasteiger partial charge in [0.25, 0.3) is 5.91 Å². The van der Waals surface area contributed by atoms with Gasteiger partial charge in [0.15, 0.2) is 17.2 Å². The molecule has 2 saturated carbocycles. The maximum atomic E-state index is 14.0. The third-order valence-electron chi connectivity index (χ3n) is 6.44. The minimum absolute atomic E-state index is 0.0632. The van der Waals surface area contributed by atoms with Crippen LogP contribution in [-0.4, -0.2) is 62.6 Å². The fraction of sp³-hybridized carbons (Fsp3) is 0.478. The lowest BCUT2D eigenvalue weighted by Gasteiger charge is -2.33. The van der Waals surface area contributed by atoms with Gasteiger partial charge in [0.05, 0.1) is 23.8 Å². The number of hydrogen-bond donors (Lipinski definition) is 3. The van der Waals surface area contributed by atoms with Crippen molar-refractivity contribution in [3.8, 4) is 0 Å². The zero-order valence-electron chi connectivity index (χ0n) is 18.9. The van der Waals surface area contributed by atoms with Crippen LogP contribution in [0, 0.1) is 5.82 Å². The van der Waals surface area contributed by atoms with Crippen molar-refractivity contribution in [3.05, 3.63) is 42.2 Å². The van der Waals surface area contributed by atoms with Crippen molar-refractivity contribution in [2.75, 3.05) is 30.0 Å². The van der Waals surface area contributed by atoms with E-state index in [1.165, 1.54) is 23.0 Å². The molecular formula is C23H29FN8O. The lowest BCUT2D eigenvalue weighted by Crippen LogP contribution is -2.36. The van der Waals surface area contributed by atoms with E-state index in [-0.39, 0.29) is 11.4 Å². The van der Waals surface area contributed by atoms with E-state index in [0.717, 1.165) is 50.4 Å². The van der Waals surface area contributed by atoms with Crippen LogP contribution in [0.25, 0.3) is 5.65 Å². The molecule has 0 spiro atoms. The lowest BCUT2D eigenvalue weighted by atomic mass is 9.90. The number of aromatic nitrogens is 4. The average molecular weight is 453 g/mol. The third kappa shape index (κ3) is 4.75. The standard InChI is InChI=1S/C23H29FN8O/c1-31(2)16-7-5-15(6-8-16)28-21-11-19(27-14-3-4-14)22-26-13-20(32(22)30-21)23(33)29-18-9-10-25-12-17(18)24/h9-16,27H,3-8H2,1-2H3,(H,28,30)(H,25,29,33). The van der Waals surface area contributed by atoms with E-state index >= 15 is 0 Å². The van der Waals surface area contributed by atoms with Crippen LogP contribution in [0.1, 0.15) is 49.0 Å². The summed E-state index contributed by atoms with van der Waals surface area (Å²) in [6.45, 7) is 0. The Kier molecular flexibility index (Phi) is 5.84. The first-order valence-corrected chi connectivity index (χ1v) is 11.5. The highest BCUT2D eigenvalue weighted by atomic mass is 19.1. The molecule has 0 atom stereocenters. The zero-order chi connectivity index (χ0) is 22.9. The zero-order valence-corrected chi connectivity index (χ0v) is 18.9. The minimum atomic E-state index is -0.598. The van der Waals surface area contributed by atoms with Gasteiger partial charge in [-0.15, -0.1) is 5.10 Å². The first-order chi connectivity index (χ1) is 16.0. The summed E-state index contributed by atoms with van der Waals surface area (Å²) in [4.78, 5) is 23.4. The summed E-state index contributed by atoms with van der Waals surface area (Å²) in [5.74, 6) is -0.387. The molecule has 0 unspecified atom stereocenters. The predicted molar refractivity (Wildman–Crippen MR) is 125 cm³/mol. The maximum Gasteiger partial charge on any atom is 0.276 e.